The van der Waals surface area contributed by atoms with Crippen LogP contribution in [0.3, 0.4) is 0 Å². The van der Waals surface area contributed by atoms with Crippen LogP contribution in [0, 0.1) is 11.3 Å². The van der Waals surface area contributed by atoms with Crippen LogP contribution in [0.2, 0.25) is 0 Å². The molecule has 2 aromatic heterocycles. The van der Waals surface area contributed by atoms with Crippen LogP contribution >= 0.6 is 0 Å². The first kappa shape index (κ1) is 28.6. The Morgan fingerprint density at radius 2 is 1.81 bits per heavy atom. The molecule has 3 N–H and O–H groups in total. The summed E-state index contributed by atoms with van der Waals surface area (Å²) in [6.07, 6.45) is 1.49. The number of nitrogens with zero attached hydrogens (tertiary/aromatic N) is 8. The van der Waals surface area contributed by atoms with Gasteiger partial charge in [-0.1, -0.05) is 26.0 Å². The van der Waals surface area contributed by atoms with Gasteiger partial charge in [0.1, 0.15) is 12.1 Å². The fourth-order valence-electron chi connectivity index (χ4n) is 5.03. The second kappa shape index (κ2) is 11.5. The average Bonchev–Trinajstić information content (AvgIpc) is 3.26. The number of nitrogens with one attached hydrogen (secondary N) is 1. The van der Waals surface area contributed by atoms with Crippen molar-refractivity contribution in [3.8, 4) is 23.1 Å². The van der Waals surface area contributed by atoms with E-state index in [1.807, 2.05) is 51.5 Å². The van der Waals surface area contributed by atoms with Gasteiger partial charge in [-0.25, -0.2) is 9.97 Å². The number of ether oxygens (including phenoxy) is 1. The summed E-state index contributed by atoms with van der Waals surface area (Å²) in [5.74, 6) is 1.52. The molecular weight excluding hydrogens is 528 g/mol. The topological polar surface area (TPSA) is 132 Å². The molecule has 1 aliphatic rings. The van der Waals surface area contributed by atoms with Crippen molar-refractivity contribution in [2.45, 2.75) is 19.3 Å². The van der Waals surface area contributed by atoms with Crippen LogP contribution in [0.5, 0.6) is 5.75 Å². The number of methoxy groups -OCH3 is 1. The Hall–Kier alpha value is -4.95. The Bertz CT molecular complexity index is 1630. The summed E-state index contributed by atoms with van der Waals surface area (Å²) in [5.41, 5.74) is 12.7. The van der Waals surface area contributed by atoms with Crippen molar-refractivity contribution in [1.29, 1.82) is 5.26 Å². The zero-order chi connectivity index (χ0) is 30.0. The highest BCUT2D eigenvalue weighted by Crippen LogP contribution is 2.43. The van der Waals surface area contributed by atoms with Gasteiger partial charge in [-0.05, 0) is 44.4 Å². The van der Waals surface area contributed by atoms with E-state index in [1.165, 1.54) is 6.33 Å². The zero-order valence-electron chi connectivity index (χ0n) is 24.9. The minimum absolute atomic E-state index is 0.246. The molecule has 4 aromatic rings. The number of pyridine rings is 1. The van der Waals surface area contributed by atoms with Crippen LogP contribution in [0.25, 0.3) is 11.3 Å². The second-order valence-corrected chi connectivity index (χ2v) is 11.3. The number of benzene rings is 2. The van der Waals surface area contributed by atoms with E-state index in [9.17, 15) is 0 Å². The van der Waals surface area contributed by atoms with Crippen LogP contribution < -0.4 is 25.6 Å². The summed E-state index contributed by atoms with van der Waals surface area (Å²) in [4.78, 5) is 24.9. The van der Waals surface area contributed by atoms with Gasteiger partial charge in [0.15, 0.2) is 0 Å². The lowest BCUT2D eigenvalue weighted by Crippen LogP contribution is -2.29. The minimum Gasteiger partial charge on any atom is -0.494 e. The average molecular weight is 565 g/mol. The standard InChI is InChI=1S/C31H36N10O/c1-31(2)18-41(25-12-11-23(36-28(25)31)21-9-7-20(17-32)8-10-21)30-35-19-34-29(38-30)37-24-15-22(33)26(16-27(24)42-6)40(5)14-13-39(3)4/h7-12,15-16,19H,13-14,18,33H2,1-6H3,(H,34,35,37,38). The molecule has 0 spiro atoms. The molecule has 0 saturated carbocycles. The molecule has 11 heteroatoms. The summed E-state index contributed by atoms with van der Waals surface area (Å²) < 4.78 is 5.69. The zero-order valence-corrected chi connectivity index (χ0v) is 24.9. The molecule has 0 aliphatic carbocycles. The maximum atomic E-state index is 9.13. The molecule has 42 heavy (non-hydrogen) atoms. The Morgan fingerprint density at radius 1 is 1.05 bits per heavy atom. The first-order chi connectivity index (χ1) is 20.1. The van der Waals surface area contributed by atoms with Crippen molar-refractivity contribution >= 4 is 34.6 Å². The van der Waals surface area contributed by atoms with Gasteiger partial charge >= 0.3 is 0 Å². The lowest BCUT2D eigenvalue weighted by atomic mass is 9.91. The third-order valence-corrected chi connectivity index (χ3v) is 7.36. The molecule has 11 nitrogen and oxygen atoms in total. The van der Waals surface area contributed by atoms with Crippen LogP contribution in [0.4, 0.5) is 34.6 Å². The summed E-state index contributed by atoms with van der Waals surface area (Å²) in [6.45, 7) is 6.69. The lowest BCUT2D eigenvalue weighted by molar-refractivity contribution is 0.413. The van der Waals surface area contributed by atoms with E-state index in [0.29, 0.717) is 41.1 Å². The van der Waals surface area contributed by atoms with Crippen molar-refractivity contribution < 1.29 is 4.74 Å². The van der Waals surface area contributed by atoms with Crippen LogP contribution in [0.15, 0.2) is 54.9 Å². The van der Waals surface area contributed by atoms with Crippen molar-refractivity contribution in [2.75, 3.05) is 68.7 Å². The summed E-state index contributed by atoms with van der Waals surface area (Å²) in [6, 6.07) is 17.4. The highest BCUT2D eigenvalue weighted by molar-refractivity contribution is 5.79. The van der Waals surface area contributed by atoms with Gasteiger partial charge in [0, 0.05) is 43.7 Å². The molecule has 0 amide bonds. The van der Waals surface area contributed by atoms with E-state index in [2.05, 4.69) is 56.0 Å². The van der Waals surface area contributed by atoms with E-state index in [0.717, 1.165) is 41.4 Å². The molecule has 3 heterocycles. The molecule has 2 aromatic carbocycles. The normalized spacial score (nSPS) is 13.5. The number of rotatable bonds is 9. The van der Waals surface area contributed by atoms with Gasteiger partial charge in [0.25, 0.3) is 0 Å². The molecule has 216 valence electrons. The van der Waals surface area contributed by atoms with Gasteiger partial charge in [-0.15, -0.1) is 0 Å². The van der Waals surface area contributed by atoms with Crippen molar-refractivity contribution in [1.82, 2.24) is 24.8 Å². The quantitative estimate of drug-likeness (QED) is 0.277. The highest BCUT2D eigenvalue weighted by atomic mass is 16.5. The number of anilines is 6. The Labute approximate surface area is 246 Å². The number of hydrogen-bond acceptors (Lipinski definition) is 11. The fourth-order valence-corrected chi connectivity index (χ4v) is 5.03. The van der Waals surface area contributed by atoms with Gasteiger partial charge in [-0.2, -0.15) is 10.2 Å². The molecule has 1 aliphatic heterocycles. The summed E-state index contributed by atoms with van der Waals surface area (Å²) in [7, 11) is 7.72. The van der Waals surface area contributed by atoms with Crippen LogP contribution in [-0.4, -0.2) is 72.7 Å². The number of aromatic nitrogens is 4. The largest absolute Gasteiger partial charge is 0.494 e. The van der Waals surface area contributed by atoms with Gasteiger partial charge in [0.05, 0.1) is 52.9 Å². The molecule has 5 rings (SSSR count). The number of hydrogen-bond donors (Lipinski definition) is 2. The third kappa shape index (κ3) is 5.75. The predicted octanol–water partition coefficient (Wildman–Crippen LogP) is 4.57. The maximum Gasteiger partial charge on any atom is 0.234 e. The Balaban J connectivity index is 1.41. The number of likely N-dealkylation sites (N-methyl/N-ethyl adjacent to an activating group) is 2. The molecule has 0 bridgehead atoms. The maximum absolute atomic E-state index is 9.13. The van der Waals surface area contributed by atoms with E-state index in [4.69, 9.17) is 25.7 Å². The first-order valence-electron chi connectivity index (χ1n) is 13.7. The number of nitrogens with two attached hydrogens (primary N) is 1. The molecule has 0 radical (unpaired) electrons. The Morgan fingerprint density at radius 3 is 2.50 bits per heavy atom. The molecule has 0 fully saturated rings. The van der Waals surface area contributed by atoms with Crippen molar-refractivity contribution in [2.24, 2.45) is 0 Å². The summed E-state index contributed by atoms with van der Waals surface area (Å²) >= 11 is 0. The number of nitriles is 1. The summed E-state index contributed by atoms with van der Waals surface area (Å²) in [5, 5.41) is 12.4. The van der Waals surface area contributed by atoms with Crippen LogP contribution in [0.1, 0.15) is 25.1 Å². The van der Waals surface area contributed by atoms with Crippen LogP contribution in [-0.2, 0) is 5.41 Å². The van der Waals surface area contributed by atoms with E-state index in [1.54, 1.807) is 19.2 Å². The van der Waals surface area contributed by atoms with Gasteiger partial charge in [0.2, 0.25) is 11.9 Å². The monoisotopic (exact) mass is 564 g/mol. The SMILES string of the molecule is COc1cc(N(C)CCN(C)C)c(N)cc1Nc1ncnc(N2CC(C)(C)c3nc(-c4ccc(C#N)cc4)ccc32)n1. The number of fused-ring (bicyclic) bond motifs is 1. The van der Waals surface area contributed by atoms with E-state index >= 15 is 0 Å². The second-order valence-electron chi connectivity index (χ2n) is 11.3. The van der Waals surface area contributed by atoms with Gasteiger partial charge in [-0.3, -0.25) is 4.98 Å². The fraction of sp³-hybridized carbons (Fsp3) is 0.323. The van der Waals surface area contributed by atoms with E-state index in [-0.39, 0.29) is 5.41 Å². The molecular formula is C31H36N10O. The lowest BCUT2D eigenvalue weighted by Gasteiger charge is -2.24. The minimum atomic E-state index is -0.246. The first-order valence-corrected chi connectivity index (χ1v) is 13.7. The van der Waals surface area contributed by atoms with E-state index < -0.39 is 0 Å². The third-order valence-electron chi connectivity index (χ3n) is 7.36. The molecule has 0 saturated heterocycles. The Kier molecular flexibility index (Phi) is 7.83. The number of nitrogen functional groups attached to an aromatic ring is 1. The smallest absolute Gasteiger partial charge is 0.234 e. The molecule has 0 unspecified atom stereocenters. The predicted molar refractivity (Wildman–Crippen MR) is 167 cm³/mol. The van der Waals surface area contributed by atoms with Crippen molar-refractivity contribution in [3.63, 3.8) is 0 Å². The molecule has 0 atom stereocenters. The highest BCUT2D eigenvalue weighted by Gasteiger charge is 2.39. The van der Waals surface area contributed by atoms with Gasteiger partial charge < -0.3 is 30.5 Å². The van der Waals surface area contributed by atoms with Crippen molar-refractivity contribution in [3.05, 3.63) is 66.1 Å².